The molecule has 0 atom stereocenters. The first-order valence-electron chi connectivity index (χ1n) is 6.05. The number of nitrogens with one attached hydrogen (secondary N) is 2. The minimum absolute atomic E-state index is 0.465. The van der Waals surface area contributed by atoms with Gasteiger partial charge in [-0.1, -0.05) is 0 Å². The molecule has 6 heteroatoms. The largest absolute Gasteiger partial charge is 0.496 e. The quantitative estimate of drug-likeness (QED) is 0.656. The molecule has 2 aromatic rings. The number of aromatic nitrogens is 2. The summed E-state index contributed by atoms with van der Waals surface area (Å²) in [6.45, 7) is 3.74. The van der Waals surface area contributed by atoms with Crippen LogP contribution < -0.4 is 15.4 Å². The number of hydrogen-bond donors (Lipinski definition) is 2. The van der Waals surface area contributed by atoms with Crippen molar-refractivity contribution in [3.63, 3.8) is 0 Å². The number of methoxy groups -OCH3 is 1. The van der Waals surface area contributed by atoms with Gasteiger partial charge in [0.2, 0.25) is 0 Å². The molecule has 0 spiro atoms. The third-order valence-corrected chi connectivity index (χ3v) is 2.69. The van der Waals surface area contributed by atoms with E-state index < -0.39 is 0 Å². The SMILES string of the molecule is COc1ccc(Nc2cc(NC#N)nc(C)n2)cc1C. The number of aryl methyl sites for hydroxylation is 2. The summed E-state index contributed by atoms with van der Waals surface area (Å²) >= 11 is 0. The normalized spacial score (nSPS) is 9.70. The zero-order valence-electron chi connectivity index (χ0n) is 11.6. The molecule has 0 fully saturated rings. The maximum atomic E-state index is 8.63. The summed E-state index contributed by atoms with van der Waals surface area (Å²) in [6, 6.07) is 7.43. The third-order valence-electron chi connectivity index (χ3n) is 2.69. The Balaban J connectivity index is 2.25. The van der Waals surface area contributed by atoms with Crippen molar-refractivity contribution < 1.29 is 4.74 Å². The molecule has 1 heterocycles. The first-order chi connectivity index (χ1) is 9.62. The van der Waals surface area contributed by atoms with Crippen molar-refractivity contribution in [3.05, 3.63) is 35.7 Å². The van der Waals surface area contributed by atoms with E-state index in [1.54, 1.807) is 20.1 Å². The number of benzene rings is 1. The molecule has 2 rings (SSSR count). The van der Waals surface area contributed by atoms with Crippen LogP contribution in [0.2, 0.25) is 0 Å². The van der Waals surface area contributed by atoms with Crippen LogP contribution in [0, 0.1) is 25.3 Å². The topological polar surface area (TPSA) is 82.9 Å². The fourth-order valence-electron chi connectivity index (χ4n) is 1.86. The maximum absolute atomic E-state index is 8.63. The zero-order valence-corrected chi connectivity index (χ0v) is 11.6. The summed E-state index contributed by atoms with van der Waals surface area (Å²) < 4.78 is 5.22. The van der Waals surface area contributed by atoms with Crippen LogP contribution in [0.3, 0.4) is 0 Å². The molecule has 1 aromatic heterocycles. The van der Waals surface area contributed by atoms with Crippen LogP contribution in [0.4, 0.5) is 17.3 Å². The van der Waals surface area contributed by atoms with Gasteiger partial charge in [-0.05, 0) is 37.6 Å². The summed E-state index contributed by atoms with van der Waals surface area (Å²) in [6.07, 6.45) is 1.84. The van der Waals surface area contributed by atoms with E-state index in [4.69, 9.17) is 10.00 Å². The van der Waals surface area contributed by atoms with E-state index in [0.717, 1.165) is 17.0 Å². The molecule has 6 nitrogen and oxygen atoms in total. The van der Waals surface area contributed by atoms with Gasteiger partial charge in [0, 0.05) is 11.8 Å². The van der Waals surface area contributed by atoms with Crippen molar-refractivity contribution in [1.29, 1.82) is 5.26 Å². The standard InChI is InChI=1S/C14H15N5O/c1-9-6-11(4-5-12(9)20-3)19-14-7-13(16-8-15)17-10(2)18-14/h4-7H,1-3H3,(H2,16,17,18,19). The fraction of sp³-hybridized carbons (Fsp3) is 0.214. The van der Waals surface area contributed by atoms with Gasteiger partial charge in [0.25, 0.3) is 0 Å². The van der Waals surface area contributed by atoms with Gasteiger partial charge in [0.1, 0.15) is 23.2 Å². The van der Waals surface area contributed by atoms with Gasteiger partial charge in [0.15, 0.2) is 6.19 Å². The molecule has 20 heavy (non-hydrogen) atoms. The number of anilines is 3. The van der Waals surface area contributed by atoms with E-state index in [0.29, 0.717) is 17.5 Å². The molecule has 1 aromatic carbocycles. The first kappa shape index (κ1) is 13.6. The summed E-state index contributed by atoms with van der Waals surface area (Å²) in [4.78, 5) is 8.39. The van der Waals surface area contributed by atoms with Gasteiger partial charge in [-0.2, -0.15) is 5.26 Å². The Morgan fingerprint density at radius 1 is 1.15 bits per heavy atom. The van der Waals surface area contributed by atoms with Gasteiger partial charge in [-0.15, -0.1) is 0 Å². The Morgan fingerprint density at radius 3 is 2.55 bits per heavy atom. The van der Waals surface area contributed by atoms with E-state index >= 15 is 0 Å². The molecule has 0 bridgehead atoms. The van der Waals surface area contributed by atoms with Crippen LogP contribution >= 0.6 is 0 Å². The molecule has 0 amide bonds. The van der Waals surface area contributed by atoms with Gasteiger partial charge in [-0.25, -0.2) is 9.97 Å². The molecular formula is C14H15N5O. The Bertz CT molecular complexity index is 663. The maximum Gasteiger partial charge on any atom is 0.182 e. The molecule has 0 aliphatic heterocycles. The Morgan fingerprint density at radius 2 is 1.90 bits per heavy atom. The van der Waals surface area contributed by atoms with Crippen molar-refractivity contribution in [2.45, 2.75) is 13.8 Å². The monoisotopic (exact) mass is 269 g/mol. The zero-order chi connectivity index (χ0) is 14.5. The van der Waals surface area contributed by atoms with Crippen molar-refractivity contribution in [2.75, 3.05) is 17.7 Å². The summed E-state index contributed by atoms with van der Waals surface area (Å²) in [5, 5.41) is 14.3. The highest BCUT2D eigenvalue weighted by Crippen LogP contribution is 2.24. The lowest BCUT2D eigenvalue weighted by atomic mass is 10.2. The van der Waals surface area contributed by atoms with Gasteiger partial charge in [-0.3, -0.25) is 5.32 Å². The molecule has 2 N–H and O–H groups in total. The van der Waals surface area contributed by atoms with Gasteiger partial charge >= 0.3 is 0 Å². The average molecular weight is 269 g/mol. The second-order valence-electron chi connectivity index (χ2n) is 4.23. The predicted octanol–water partition coefficient (Wildman–Crippen LogP) is 2.74. The summed E-state index contributed by atoms with van der Waals surface area (Å²) in [7, 11) is 1.64. The number of nitrogens with zero attached hydrogens (tertiary/aromatic N) is 3. The smallest absolute Gasteiger partial charge is 0.182 e. The number of rotatable bonds is 4. The Labute approximate surface area is 117 Å². The van der Waals surface area contributed by atoms with Gasteiger partial charge < -0.3 is 10.1 Å². The number of ether oxygens (including phenoxy) is 1. The highest BCUT2D eigenvalue weighted by atomic mass is 16.5. The minimum Gasteiger partial charge on any atom is -0.496 e. The van der Waals surface area contributed by atoms with Crippen molar-refractivity contribution in [1.82, 2.24) is 9.97 Å². The molecule has 0 unspecified atom stereocenters. The predicted molar refractivity (Wildman–Crippen MR) is 77.0 cm³/mol. The van der Waals surface area contributed by atoms with E-state index in [-0.39, 0.29) is 0 Å². The average Bonchev–Trinajstić information content (AvgIpc) is 2.38. The summed E-state index contributed by atoms with van der Waals surface area (Å²) in [5.74, 6) is 2.51. The second-order valence-corrected chi connectivity index (χ2v) is 4.23. The van der Waals surface area contributed by atoms with E-state index in [1.165, 1.54) is 0 Å². The highest BCUT2D eigenvalue weighted by molar-refractivity contribution is 5.61. The number of nitriles is 1. The molecule has 102 valence electrons. The summed E-state index contributed by atoms with van der Waals surface area (Å²) in [5.41, 5.74) is 1.92. The second kappa shape index (κ2) is 5.89. The van der Waals surface area contributed by atoms with E-state index in [2.05, 4.69) is 20.6 Å². The lowest BCUT2D eigenvalue weighted by Gasteiger charge is -2.10. The number of hydrogen-bond acceptors (Lipinski definition) is 6. The Kier molecular flexibility index (Phi) is 4.01. The van der Waals surface area contributed by atoms with Crippen molar-refractivity contribution in [2.24, 2.45) is 0 Å². The fourth-order valence-corrected chi connectivity index (χ4v) is 1.86. The molecule has 0 saturated heterocycles. The Hall–Kier alpha value is -2.81. The first-order valence-corrected chi connectivity index (χ1v) is 6.05. The lowest BCUT2D eigenvalue weighted by Crippen LogP contribution is -2.01. The molecule has 0 aliphatic rings. The van der Waals surface area contributed by atoms with Crippen LogP contribution in [0.25, 0.3) is 0 Å². The van der Waals surface area contributed by atoms with Crippen molar-refractivity contribution in [3.8, 4) is 11.9 Å². The molecule has 0 saturated carbocycles. The molecule has 0 radical (unpaired) electrons. The van der Waals surface area contributed by atoms with Crippen molar-refractivity contribution >= 4 is 17.3 Å². The van der Waals surface area contributed by atoms with Crippen LogP contribution in [-0.4, -0.2) is 17.1 Å². The van der Waals surface area contributed by atoms with Crippen LogP contribution in [-0.2, 0) is 0 Å². The lowest BCUT2D eigenvalue weighted by molar-refractivity contribution is 0.412. The van der Waals surface area contributed by atoms with Crippen LogP contribution in [0.15, 0.2) is 24.3 Å². The third kappa shape index (κ3) is 3.14. The van der Waals surface area contributed by atoms with E-state index in [1.807, 2.05) is 31.3 Å². The van der Waals surface area contributed by atoms with E-state index in [9.17, 15) is 0 Å². The molecule has 0 aliphatic carbocycles. The van der Waals surface area contributed by atoms with Crippen LogP contribution in [0.1, 0.15) is 11.4 Å². The molecular weight excluding hydrogens is 254 g/mol. The van der Waals surface area contributed by atoms with Gasteiger partial charge in [0.05, 0.1) is 7.11 Å². The highest BCUT2D eigenvalue weighted by Gasteiger charge is 2.04. The minimum atomic E-state index is 0.465. The van der Waals surface area contributed by atoms with Crippen LogP contribution in [0.5, 0.6) is 5.75 Å².